The van der Waals surface area contributed by atoms with Crippen LogP contribution < -0.4 is 9.62 Å². The van der Waals surface area contributed by atoms with Gasteiger partial charge in [-0.25, -0.2) is 21.9 Å². The van der Waals surface area contributed by atoms with Gasteiger partial charge in [0.05, 0.1) is 4.90 Å². The number of benzene rings is 1. The lowest BCUT2D eigenvalue weighted by Gasteiger charge is -2.53. The van der Waals surface area contributed by atoms with E-state index in [9.17, 15) is 30.8 Å². The number of sulfonamides is 1. The maximum absolute atomic E-state index is 14.0. The zero-order valence-corrected chi connectivity index (χ0v) is 24.4. The molecule has 0 atom stereocenters. The van der Waals surface area contributed by atoms with Gasteiger partial charge in [0.25, 0.3) is 5.89 Å². The molecule has 5 aliphatic carbocycles. The van der Waals surface area contributed by atoms with Crippen LogP contribution in [0, 0.1) is 11.3 Å². The monoisotopic (exact) mass is 612 g/mol. The van der Waals surface area contributed by atoms with Crippen molar-refractivity contribution in [2.24, 2.45) is 11.3 Å². The van der Waals surface area contributed by atoms with E-state index in [4.69, 9.17) is 4.52 Å². The zero-order chi connectivity index (χ0) is 30.0. The van der Waals surface area contributed by atoms with Gasteiger partial charge in [-0.15, -0.1) is 0 Å². The molecule has 8 nitrogen and oxygen atoms in total. The van der Waals surface area contributed by atoms with Crippen molar-refractivity contribution in [3.05, 3.63) is 36.0 Å². The third-order valence-electron chi connectivity index (χ3n) is 9.84. The Hall–Kier alpha value is -2.54. The smallest absolute Gasteiger partial charge is 0.322 e. The van der Waals surface area contributed by atoms with E-state index < -0.39 is 39.1 Å². The van der Waals surface area contributed by atoms with E-state index in [1.165, 1.54) is 12.1 Å². The summed E-state index contributed by atoms with van der Waals surface area (Å²) in [5.41, 5.74) is -0.333. The topological polar surface area (TPSA) is 105 Å². The Bertz CT molecular complexity index is 1420. The van der Waals surface area contributed by atoms with Crippen LogP contribution in [-0.2, 0) is 26.2 Å². The number of fused-ring (bicyclic) bond motifs is 3. The largest absolute Gasteiger partial charge is 0.333 e. The molecular weight excluding hydrogens is 576 g/mol. The lowest BCUT2D eigenvalue weighted by atomic mass is 9.53. The van der Waals surface area contributed by atoms with Crippen molar-refractivity contribution in [3.8, 4) is 0 Å². The number of alkyl halides is 4. The van der Waals surface area contributed by atoms with Gasteiger partial charge in [-0.05, 0) is 87.8 Å². The molecule has 0 unspecified atom stereocenters. The van der Waals surface area contributed by atoms with Crippen LogP contribution in [0.2, 0.25) is 0 Å². The van der Waals surface area contributed by atoms with Crippen molar-refractivity contribution in [1.29, 1.82) is 0 Å². The highest BCUT2D eigenvalue weighted by Crippen LogP contribution is 2.58. The number of rotatable bonds is 9. The van der Waals surface area contributed by atoms with Gasteiger partial charge < -0.3 is 9.42 Å². The van der Waals surface area contributed by atoms with Crippen LogP contribution >= 0.6 is 0 Å². The summed E-state index contributed by atoms with van der Waals surface area (Å²) in [6.07, 6.45) is 4.98. The van der Waals surface area contributed by atoms with Gasteiger partial charge in [0.15, 0.2) is 5.82 Å². The van der Waals surface area contributed by atoms with Crippen LogP contribution in [0.5, 0.6) is 0 Å². The first kappa shape index (κ1) is 29.5. The van der Waals surface area contributed by atoms with E-state index in [1.807, 2.05) is 0 Å². The summed E-state index contributed by atoms with van der Waals surface area (Å²) < 4.78 is 88.9. The maximum Gasteiger partial charge on any atom is 0.322 e. The van der Waals surface area contributed by atoms with Gasteiger partial charge in [-0.1, -0.05) is 11.2 Å². The number of carbonyl (C=O) groups is 1. The Morgan fingerprint density at radius 3 is 2.26 bits per heavy atom. The van der Waals surface area contributed by atoms with E-state index in [2.05, 4.69) is 14.9 Å². The fraction of sp³-hybridized carbons (Fsp3) is 0.690. The molecule has 5 aliphatic rings. The Kier molecular flexibility index (Phi) is 7.23. The predicted octanol–water partition coefficient (Wildman–Crippen LogP) is 6.07. The van der Waals surface area contributed by atoms with Crippen molar-refractivity contribution in [2.45, 2.75) is 112 Å². The first-order valence-corrected chi connectivity index (χ1v) is 16.2. The minimum atomic E-state index is -3.78. The number of nitrogens with zero attached hydrogens (tertiary/aromatic N) is 3. The van der Waals surface area contributed by atoms with Crippen molar-refractivity contribution in [3.63, 3.8) is 0 Å². The van der Waals surface area contributed by atoms with Crippen LogP contribution in [-0.4, -0.2) is 43.0 Å². The molecule has 2 bridgehead atoms. The third kappa shape index (κ3) is 5.82. The first-order chi connectivity index (χ1) is 19.7. The fourth-order valence-corrected chi connectivity index (χ4v) is 8.24. The molecule has 230 valence electrons. The second kappa shape index (κ2) is 10.3. The van der Waals surface area contributed by atoms with E-state index in [0.29, 0.717) is 56.6 Å². The number of halogens is 4. The maximum atomic E-state index is 14.0. The van der Waals surface area contributed by atoms with Crippen molar-refractivity contribution < 1.29 is 35.3 Å². The third-order valence-corrected chi connectivity index (χ3v) is 11.4. The second-order valence-electron chi connectivity index (χ2n) is 13.0. The van der Waals surface area contributed by atoms with E-state index in [1.54, 1.807) is 17.0 Å². The SMILES string of the molecule is CC(F)(F)c1nc(C23CCC(CN(C(=O)C4CCC(F)(F)CC4)c4cccc(S(=O)(=O)NC5CC5)c4)(CC2)CC3)no1. The molecule has 0 spiro atoms. The summed E-state index contributed by atoms with van der Waals surface area (Å²) in [4.78, 5) is 19.7. The average Bonchev–Trinajstić information content (AvgIpc) is 3.59. The molecule has 1 N–H and O–H groups in total. The highest BCUT2D eigenvalue weighted by molar-refractivity contribution is 7.89. The summed E-state index contributed by atoms with van der Waals surface area (Å²) >= 11 is 0. The molecule has 2 aromatic rings. The molecule has 0 aliphatic heterocycles. The van der Waals surface area contributed by atoms with Gasteiger partial charge in [0.2, 0.25) is 21.9 Å². The Labute approximate surface area is 242 Å². The molecule has 1 heterocycles. The molecule has 1 aromatic carbocycles. The molecular formula is C29H36F4N4O4S. The number of carbonyl (C=O) groups excluding carboxylic acids is 1. The number of aromatic nitrogens is 2. The number of nitrogens with one attached hydrogen (secondary N) is 1. The van der Waals surface area contributed by atoms with Crippen LogP contribution in [0.3, 0.4) is 0 Å². The van der Waals surface area contributed by atoms with Gasteiger partial charge in [0.1, 0.15) is 0 Å². The van der Waals surface area contributed by atoms with E-state index in [0.717, 1.165) is 19.8 Å². The standard InChI is InChI=1S/C29H36F4N4O4S/c1-26(30,31)25-34-24(35-41-25)28-14-11-27(12-15-28,13-16-28)18-37(23(38)19-7-9-29(32,33)10-8-19)21-3-2-4-22(17-21)42(39,40)36-20-5-6-20/h2-4,17,19-20,36H,5-16,18H2,1H3. The number of hydrogen-bond acceptors (Lipinski definition) is 6. The second-order valence-corrected chi connectivity index (χ2v) is 14.8. The highest BCUT2D eigenvalue weighted by atomic mass is 32.2. The Balaban J connectivity index is 1.25. The van der Waals surface area contributed by atoms with Crippen LogP contribution in [0.15, 0.2) is 33.7 Å². The molecule has 13 heteroatoms. The van der Waals surface area contributed by atoms with E-state index >= 15 is 0 Å². The average molecular weight is 613 g/mol. The number of hydrogen-bond donors (Lipinski definition) is 1. The van der Waals surface area contributed by atoms with Crippen molar-refractivity contribution >= 4 is 21.6 Å². The lowest BCUT2D eigenvalue weighted by molar-refractivity contribution is -0.127. The number of anilines is 1. The van der Waals surface area contributed by atoms with Crippen molar-refractivity contribution in [2.75, 3.05) is 11.4 Å². The molecule has 0 saturated heterocycles. The minimum absolute atomic E-state index is 0.0596. The molecule has 5 saturated carbocycles. The Morgan fingerprint density at radius 2 is 1.69 bits per heavy atom. The predicted molar refractivity (Wildman–Crippen MR) is 145 cm³/mol. The molecule has 0 radical (unpaired) electrons. The van der Waals surface area contributed by atoms with Gasteiger partial charge in [-0.2, -0.15) is 13.8 Å². The van der Waals surface area contributed by atoms with Gasteiger partial charge in [0, 0.05) is 49.4 Å². The summed E-state index contributed by atoms with van der Waals surface area (Å²) in [6, 6.07) is 6.21. The van der Waals surface area contributed by atoms with E-state index in [-0.39, 0.29) is 47.9 Å². The lowest BCUT2D eigenvalue weighted by Crippen LogP contribution is -2.52. The molecule has 42 heavy (non-hydrogen) atoms. The van der Waals surface area contributed by atoms with Gasteiger partial charge >= 0.3 is 5.92 Å². The highest BCUT2D eigenvalue weighted by Gasteiger charge is 2.53. The molecule has 1 aromatic heterocycles. The Morgan fingerprint density at radius 1 is 1.05 bits per heavy atom. The molecule has 7 rings (SSSR count). The first-order valence-electron chi connectivity index (χ1n) is 14.7. The van der Waals surface area contributed by atoms with Crippen LogP contribution in [0.25, 0.3) is 0 Å². The molecule has 1 amide bonds. The fourth-order valence-electron chi connectivity index (χ4n) is 6.90. The summed E-state index contributed by atoms with van der Waals surface area (Å²) in [5, 5.41) is 3.91. The summed E-state index contributed by atoms with van der Waals surface area (Å²) in [7, 11) is -3.78. The molecule has 5 fully saturated rings. The zero-order valence-electron chi connectivity index (χ0n) is 23.6. The van der Waals surface area contributed by atoms with Crippen LogP contribution in [0.4, 0.5) is 23.2 Å². The summed E-state index contributed by atoms with van der Waals surface area (Å²) in [5.74, 6) is -7.25. The van der Waals surface area contributed by atoms with Crippen molar-refractivity contribution in [1.82, 2.24) is 14.9 Å². The summed E-state index contributed by atoms with van der Waals surface area (Å²) in [6.45, 7) is 1.04. The number of amides is 1. The quantitative estimate of drug-likeness (QED) is 0.345. The minimum Gasteiger partial charge on any atom is -0.333 e. The normalized spacial score (nSPS) is 28.1. The van der Waals surface area contributed by atoms with Crippen LogP contribution in [0.1, 0.15) is 95.7 Å². The van der Waals surface area contributed by atoms with Gasteiger partial charge in [-0.3, -0.25) is 4.79 Å².